The van der Waals surface area contributed by atoms with Crippen LogP contribution in [0.25, 0.3) is 0 Å². The summed E-state index contributed by atoms with van der Waals surface area (Å²) in [6, 6.07) is 0.659. The summed E-state index contributed by atoms with van der Waals surface area (Å²) in [5.41, 5.74) is 0. The molecule has 0 radical (unpaired) electrons. The van der Waals surface area contributed by atoms with Gasteiger partial charge in [0, 0.05) is 24.9 Å². The van der Waals surface area contributed by atoms with Crippen LogP contribution in [0.3, 0.4) is 0 Å². The highest BCUT2D eigenvalue weighted by Crippen LogP contribution is 2.09. The maximum absolute atomic E-state index is 3.62. The van der Waals surface area contributed by atoms with E-state index in [0.717, 1.165) is 12.5 Å². The van der Waals surface area contributed by atoms with Crippen LogP contribution in [0.2, 0.25) is 0 Å². The third-order valence-electron chi connectivity index (χ3n) is 2.94. The summed E-state index contributed by atoms with van der Waals surface area (Å²) >= 11 is 2.08. The highest BCUT2D eigenvalue weighted by Gasteiger charge is 2.10. The van der Waals surface area contributed by atoms with Crippen LogP contribution in [0.1, 0.15) is 33.6 Å². The normalized spacial score (nSPS) is 19.5. The van der Waals surface area contributed by atoms with E-state index in [1.807, 2.05) is 0 Å². The first kappa shape index (κ1) is 14.3. The summed E-state index contributed by atoms with van der Waals surface area (Å²) in [7, 11) is 0. The monoisotopic (exact) mass is 244 g/mol. The van der Waals surface area contributed by atoms with Crippen molar-refractivity contribution < 1.29 is 0 Å². The van der Waals surface area contributed by atoms with E-state index >= 15 is 0 Å². The lowest BCUT2D eigenvalue weighted by atomic mass is 10.3. The van der Waals surface area contributed by atoms with Crippen LogP contribution >= 0.6 is 11.8 Å². The lowest BCUT2D eigenvalue weighted by Gasteiger charge is -2.18. The first-order chi connectivity index (χ1) is 7.68. The quantitative estimate of drug-likeness (QED) is 0.706. The van der Waals surface area contributed by atoms with E-state index in [1.165, 1.54) is 44.0 Å². The molecule has 1 aliphatic heterocycles. The third kappa shape index (κ3) is 6.77. The molecule has 1 N–H and O–H groups in total. The van der Waals surface area contributed by atoms with Crippen LogP contribution in [0.15, 0.2) is 0 Å². The second kappa shape index (κ2) is 8.37. The molecule has 1 rings (SSSR count). The van der Waals surface area contributed by atoms with Gasteiger partial charge in [-0.15, -0.1) is 0 Å². The molecule has 0 spiro atoms. The smallest absolute Gasteiger partial charge is 0.0130 e. The topological polar surface area (TPSA) is 15.3 Å². The molecule has 1 fully saturated rings. The van der Waals surface area contributed by atoms with E-state index in [1.54, 1.807) is 0 Å². The molecule has 0 bridgehead atoms. The van der Waals surface area contributed by atoms with Crippen LogP contribution in [0.5, 0.6) is 0 Å². The molecule has 16 heavy (non-hydrogen) atoms. The summed E-state index contributed by atoms with van der Waals surface area (Å²) in [5.74, 6) is 3.36. The van der Waals surface area contributed by atoms with Gasteiger partial charge in [0.15, 0.2) is 0 Å². The molecular formula is C13H28N2S. The molecular weight excluding hydrogens is 216 g/mol. The Kier molecular flexibility index (Phi) is 7.50. The Morgan fingerprint density at radius 1 is 1.12 bits per heavy atom. The predicted octanol–water partition coefficient (Wildman–Crippen LogP) is 2.45. The van der Waals surface area contributed by atoms with E-state index in [9.17, 15) is 0 Å². The molecule has 3 heteroatoms. The molecule has 1 saturated heterocycles. The first-order valence-corrected chi connectivity index (χ1v) is 7.87. The molecule has 0 aromatic rings. The van der Waals surface area contributed by atoms with E-state index in [4.69, 9.17) is 0 Å². The Labute approximate surface area is 106 Å². The molecule has 0 saturated carbocycles. The summed E-state index contributed by atoms with van der Waals surface area (Å²) < 4.78 is 0. The number of rotatable bonds is 8. The zero-order valence-corrected chi connectivity index (χ0v) is 12.0. The minimum Gasteiger partial charge on any atom is -0.312 e. The molecule has 1 unspecified atom stereocenters. The van der Waals surface area contributed by atoms with E-state index in [2.05, 4.69) is 42.7 Å². The van der Waals surface area contributed by atoms with Gasteiger partial charge < -0.3 is 10.2 Å². The van der Waals surface area contributed by atoms with Crippen molar-refractivity contribution in [3.05, 3.63) is 0 Å². The van der Waals surface area contributed by atoms with Crippen LogP contribution in [0.4, 0.5) is 0 Å². The number of hydrogen-bond acceptors (Lipinski definition) is 3. The van der Waals surface area contributed by atoms with E-state index < -0.39 is 0 Å². The standard InChI is InChI=1S/C13H28N2S/c1-12(2)10-16-11-13(3)14-6-9-15-7-4-5-8-15/h12-14H,4-11H2,1-3H3. The maximum atomic E-state index is 3.62. The number of likely N-dealkylation sites (tertiary alicyclic amines) is 1. The fraction of sp³-hybridized carbons (Fsp3) is 1.00. The van der Waals surface area contributed by atoms with Crippen molar-refractivity contribution in [3.63, 3.8) is 0 Å². The fourth-order valence-corrected chi connectivity index (χ4v) is 3.09. The minimum atomic E-state index is 0.659. The van der Waals surface area contributed by atoms with Gasteiger partial charge in [0.05, 0.1) is 0 Å². The number of nitrogens with one attached hydrogen (secondary N) is 1. The molecule has 0 aromatic carbocycles. The van der Waals surface area contributed by atoms with Gasteiger partial charge in [-0.2, -0.15) is 11.8 Å². The second-order valence-corrected chi connectivity index (χ2v) is 6.41. The lowest BCUT2D eigenvalue weighted by molar-refractivity contribution is 0.331. The van der Waals surface area contributed by atoms with Crippen molar-refractivity contribution in [3.8, 4) is 0 Å². The van der Waals surface area contributed by atoms with Crippen molar-refractivity contribution in [1.29, 1.82) is 0 Å². The average molecular weight is 244 g/mol. The van der Waals surface area contributed by atoms with Crippen LogP contribution in [-0.4, -0.2) is 48.6 Å². The van der Waals surface area contributed by atoms with E-state index in [-0.39, 0.29) is 0 Å². The Morgan fingerprint density at radius 3 is 2.44 bits per heavy atom. The Morgan fingerprint density at radius 2 is 1.81 bits per heavy atom. The van der Waals surface area contributed by atoms with E-state index in [0.29, 0.717) is 6.04 Å². The summed E-state index contributed by atoms with van der Waals surface area (Å²) in [6.07, 6.45) is 2.81. The maximum Gasteiger partial charge on any atom is 0.0130 e. The van der Waals surface area contributed by atoms with Gasteiger partial charge in [0.1, 0.15) is 0 Å². The van der Waals surface area contributed by atoms with Gasteiger partial charge in [-0.05, 0) is 44.5 Å². The number of thioether (sulfide) groups is 1. The van der Waals surface area contributed by atoms with Crippen LogP contribution in [0, 0.1) is 5.92 Å². The van der Waals surface area contributed by atoms with Gasteiger partial charge >= 0.3 is 0 Å². The number of nitrogens with zero attached hydrogens (tertiary/aromatic N) is 1. The van der Waals surface area contributed by atoms with Crippen LogP contribution < -0.4 is 5.32 Å². The van der Waals surface area contributed by atoms with Gasteiger partial charge in [-0.25, -0.2) is 0 Å². The highest BCUT2D eigenvalue weighted by molar-refractivity contribution is 7.99. The SMILES string of the molecule is CC(C)CSCC(C)NCCN1CCCC1. The predicted molar refractivity (Wildman–Crippen MR) is 75.3 cm³/mol. The third-order valence-corrected chi connectivity index (χ3v) is 4.58. The molecule has 0 aliphatic carbocycles. The molecule has 96 valence electrons. The largest absolute Gasteiger partial charge is 0.312 e. The van der Waals surface area contributed by atoms with Gasteiger partial charge in [0.2, 0.25) is 0 Å². The lowest BCUT2D eigenvalue weighted by Crippen LogP contribution is -2.36. The van der Waals surface area contributed by atoms with Crippen LogP contribution in [-0.2, 0) is 0 Å². The van der Waals surface area contributed by atoms with Crippen molar-refractivity contribution in [1.82, 2.24) is 10.2 Å². The second-order valence-electron chi connectivity index (χ2n) is 5.34. The summed E-state index contributed by atoms with van der Waals surface area (Å²) in [6.45, 7) is 11.9. The Bertz CT molecular complexity index is 167. The zero-order valence-electron chi connectivity index (χ0n) is 11.2. The van der Waals surface area contributed by atoms with Crippen molar-refractivity contribution in [2.24, 2.45) is 5.92 Å². The Hall–Kier alpha value is 0.270. The highest BCUT2D eigenvalue weighted by atomic mass is 32.2. The summed E-state index contributed by atoms with van der Waals surface area (Å²) in [4.78, 5) is 2.57. The molecule has 2 nitrogen and oxygen atoms in total. The molecule has 0 aromatic heterocycles. The van der Waals surface area contributed by atoms with Crippen molar-refractivity contribution in [2.45, 2.75) is 39.7 Å². The summed E-state index contributed by atoms with van der Waals surface area (Å²) in [5, 5.41) is 3.62. The minimum absolute atomic E-state index is 0.659. The van der Waals surface area contributed by atoms with Gasteiger partial charge in [0.25, 0.3) is 0 Å². The number of hydrogen-bond donors (Lipinski definition) is 1. The first-order valence-electron chi connectivity index (χ1n) is 6.72. The molecule has 1 atom stereocenters. The van der Waals surface area contributed by atoms with Crippen molar-refractivity contribution in [2.75, 3.05) is 37.7 Å². The average Bonchev–Trinajstić information content (AvgIpc) is 2.70. The molecule has 1 aliphatic rings. The zero-order chi connectivity index (χ0) is 11.8. The van der Waals surface area contributed by atoms with Crippen molar-refractivity contribution >= 4 is 11.8 Å². The molecule has 0 amide bonds. The van der Waals surface area contributed by atoms with Gasteiger partial charge in [-0.3, -0.25) is 0 Å². The molecule has 1 heterocycles. The fourth-order valence-electron chi connectivity index (χ4n) is 2.01. The Balaban J connectivity index is 1.91. The van der Waals surface area contributed by atoms with Gasteiger partial charge in [-0.1, -0.05) is 13.8 Å².